The molecule has 7 rings (SSSR count). The number of aromatic nitrogens is 3. The maximum absolute atomic E-state index is 16.8. The van der Waals surface area contributed by atoms with Crippen molar-refractivity contribution in [3.8, 4) is 23.2 Å². The molecule has 2 bridgehead atoms. The average molecular weight is 629 g/mol. The van der Waals surface area contributed by atoms with Gasteiger partial charge in [-0.25, -0.2) is 4.39 Å². The quantitative estimate of drug-likeness (QED) is 0.239. The van der Waals surface area contributed by atoms with Gasteiger partial charge in [0.15, 0.2) is 5.82 Å². The van der Waals surface area contributed by atoms with Crippen molar-refractivity contribution in [3.05, 3.63) is 40.8 Å². The topological polar surface area (TPSA) is 108 Å². The van der Waals surface area contributed by atoms with Crippen LogP contribution in [0, 0.1) is 23.1 Å². The van der Waals surface area contributed by atoms with Crippen LogP contribution in [0.5, 0.6) is 6.01 Å². The van der Waals surface area contributed by atoms with Crippen LogP contribution in [0.2, 0.25) is 5.02 Å². The second-order valence-corrected chi connectivity index (χ2v) is 12.4. The molecule has 230 valence electrons. The van der Waals surface area contributed by atoms with Crippen molar-refractivity contribution in [1.82, 2.24) is 24.8 Å². The van der Waals surface area contributed by atoms with Crippen molar-refractivity contribution in [2.75, 3.05) is 43.9 Å². The summed E-state index contributed by atoms with van der Waals surface area (Å²) in [6.45, 7) is 0.785. The number of alkyl halides is 3. The monoisotopic (exact) mass is 628 g/mol. The standard InChI is InChI=1S/C30H29ClF4N8O/c1-41-11-18(24-17(8-36)21(37)5-6-22(24)41)25-20(31)7-16-27(26(25)32)39-29(44-13-23-19(12-42(23)2)30(33,34)35)40-28(16)43-9-14-3-4-15(10-43)38-14/h5-7,11,14-15,19,23,38H,3-4,9-10,12-13,37H2,1-2H3/t14?,15?,19-,23-/m1/s1. The number of halogens is 5. The molecule has 44 heavy (non-hydrogen) atoms. The fourth-order valence-corrected chi connectivity index (χ4v) is 7.25. The smallest absolute Gasteiger partial charge is 0.394 e. The van der Waals surface area contributed by atoms with Crippen LogP contribution in [0.15, 0.2) is 24.4 Å². The number of hydrogen-bond acceptors (Lipinski definition) is 8. The van der Waals surface area contributed by atoms with Crippen LogP contribution in [-0.4, -0.2) is 77.0 Å². The molecule has 3 saturated heterocycles. The van der Waals surface area contributed by atoms with E-state index in [-0.39, 0.29) is 58.6 Å². The van der Waals surface area contributed by atoms with E-state index in [2.05, 4.69) is 21.4 Å². The molecule has 0 saturated carbocycles. The molecule has 4 aromatic rings. The van der Waals surface area contributed by atoms with E-state index in [1.54, 1.807) is 48.0 Å². The summed E-state index contributed by atoms with van der Waals surface area (Å²) in [5, 5.41) is 14.4. The third-order valence-electron chi connectivity index (χ3n) is 9.25. The number of likely N-dealkylation sites (tertiary alicyclic amines) is 1. The summed E-state index contributed by atoms with van der Waals surface area (Å²) in [4.78, 5) is 12.6. The minimum absolute atomic E-state index is 0.0266. The molecule has 9 nitrogen and oxygen atoms in total. The minimum atomic E-state index is -4.36. The number of likely N-dealkylation sites (N-methyl/N-ethyl adjacent to an activating group) is 1. The summed E-state index contributed by atoms with van der Waals surface area (Å²) in [5.41, 5.74) is 7.52. The maximum atomic E-state index is 16.8. The number of anilines is 2. The predicted octanol–water partition coefficient (Wildman–Crippen LogP) is 4.85. The Kier molecular flexibility index (Phi) is 6.80. The Morgan fingerprint density at radius 1 is 1.16 bits per heavy atom. The number of fused-ring (bicyclic) bond motifs is 4. The average Bonchev–Trinajstić information content (AvgIpc) is 3.48. The molecule has 2 aromatic heterocycles. The first kappa shape index (κ1) is 28.9. The van der Waals surface area contributed by atoms with Crippen LogP contribution in [0.3, 0.4) is 0 Å². The molecular formula is C30H29ClF4N8O. The first-order chi connectivity index (χ1) is 20.9. The highest BCUT2D eigenvalue weighted by Gasteiger charge is 2.53. The number of hydrogen-bond donors (Lipinski definition) is 2. The van der Waals surface area contributed by atoms with Gasteiger partial charge in [-0.2, -0.15) is 28.4 Å². The molecule has 5 heterocycles. The van der Waals surface area contributed by atoms with E-state index in [1.165, 1.54) is 0 Å². The Hall–Kier alpha value is -3.86. The summed E-state index contributed by atoms with van der Waals surface area (Å²) >= 11 is 6.82. The third kappa shape index (κ3) is 4.58. The molecule has 2 unspecified atom stereocenters. The van der Waals surface area contributed by atoms with Gasteiger partial charge in [-0.3, -0.25) is 4.90 Å². The van der Waals surface area contributed by atoms with Gasteiger partial charge in [0.1, 0.15) is 24.0 Å². The van der Waals surface area contributed by atoms with E-state index >= 15 is 4.39 Å². The Morgan fingerprint density at radius 3 is 2.55 bits per heavy atom. The lowest BCUT2D eigenvalue weighted by Gasteiger charge is -2.46. The Bertz CT molecular complexity index is 1840. The van der Waals surface area contributed by atoms with Crippen molar-refractivity contribution < 1.29 is 22.3 Å². The van der Waals surface area contributed by atoms with Gasteiger partial charge in [0, 0.05) is 72.4 Å². The third-order valence-corrected chi connectivity index (χ3v) is 9.54. The van der Waals surface area contributed by atoms with E-state index in [9.17, 15) is 18.4 Å². The van der Waals surface area contributed by atoms with Crippen molar-refractivity contribution >= 4 is 44.9 Å². The molecule has 3 aliphatic rings. The van der Waals surface area contributed by atoms with Crippen LogP contribution >= 0.6 is 11.6 Å². The number of nitrogens with zero attached hydrogens (tertiary/aromatic N) is 6. The Morgan fingerprint density at radius 2 is 1.89 bits per heavy atom. The Labute approximate surface area is 255 Å². The molecule has 14 heteroatoms. The number of benzene rings is 2. The van der Waals surface area contributed by atoms with E-state index in [1.807, 2.05) is 4.90 Å². The van der Waals surface area contributed by atoms with Crippen LogP contribution in [0.4, 0.5) is 29.1 Å². The van der Waals surface area contributed by atoms with Gasteiger partial charge in [0.05, 0.1) is 28.2 Å². The highest BCUT2D eigenvalue weighted by Crippen LogP contribution is 2.44. The van der Waals surface area contributed by atoms with Crippen LogP contribution in [0.25, 0.3) is 32.9 Å². The van der Waals surface area contributed by atoms with Crippen LogP contribution in [0.1, 0.15) is 18.4 Å². The lowest BCUT2D eigenvalue weighted by molar-refractivity contribution is -0.230. The van der Waals surface area contributed by atoms with Crippen molar-refractivity contribution in [2.24, 2.45) is 13.0 Å². The second kappa shape index (κ2) is 10.4. The number of aryl methyl sites for hydroxylation is 1. The number of nitrogen functional groups attached to an aromatic ring is 1. The highest BCUT2D eigenvalue weighted by atomic mass is 35.5. The van der Waals surface area contributed by atoms with Gasteiger partial charge in [-0.05, 0) is 38.1 Å². The summed E-state index contributed by atoms with van der Waals surface area (Å²) < 4.78 is 64.9. The number of nitrogens with two attached hydrogens (primary N) is 1. The summed E-state index contributed by atoms with van der Waals surface area (Å²) in [7, 11) is 3.37. The largest absolute Gasteiger partial charge is 0.462 e. The van der Waals surface area contributed by atoms with Crippen LogP contribution in [-0.2, 0) is 7.05 Å². The maximum Gasteiger partial charge on any atom is 0.394 e. The summed E-state index contributed by atoms with van der Waals surface area (Å²) in [6.07, 6.45) is -0.702. The van der Waals surface area contributed by atoms with Crippen molar-refractivity contribution in [2.45, 2.75) is 37.1 Å². The normalized spacial score (nSPS) is 23.7. The number of rotatable bonds is 5. The van der Waals surface area contributed by atoms with Gasteiger partial charge in [0.25, 0.3) is 0 Å². The SMILES string of the molecule is CN1C[C@@H](C(F)(F)F)[C@H]1COc1nc(N2CC3CCC(C2)N3)c2cc(Cl)c(-c3cn(C)c4ccc(N)c(C#N)c34)c(F)c2n1. The number of piperazine rings is 1. The molecule has 0 radical (unpaired) electrons. The van der Waals surface area contributed by atoms with E-state index < -0.39 is 24.0 Å². The molecule has 3 N–H and O–H groups in total. The van der Waals surface area contributed by atoms with E-state index in [0.29, 0.717) is 40.8 Å². The minimum Gasteiger partial charge on any atom is -0.462 e. The zero-order valence-corrected chi connectivity index (χ0v) is 24.7. The van der Waals surface area contributed by atoms with Crippen LogP contribution < -0.4 is 20.7 Å². The molecule has 2 aromatic carbocycles. The van der Waals surface area contributed by atoms with Gasteiger partial charge in [-0.1, -0.05) is 11.6 Å². The molecule has 0 aliphatic carbocycles. The molecular weight excluding hydrogens is 600 g/mol. The fourth-order valence-electron chi connectivity index (χ4n) is 6.96. The molecule has 0 amide bonds. The second-order valence-electron chi connectivity index (χ2n) is 12.0. The first-order valence-corrected chi connectivity index (χ1v) is 14.7. The zero-order chi connectivity index (χ0) is 31.1. The van der Waals surface area contributed by atoms with Gasteiger partial charge < -0.3 is 25.3 Å². The highest BCUT2D eigenvalue weighted by molar-refractivity contribution is 6.35. The summed E-state index contributed by atoms with van der Waals surface area (Å²) in [5.74, 6) is -1.89. The van der Waals surface area contributed by atoms with E-state index in [4.69, 9.17) is 22.1 Å². The molecule has 0 spiro atoms. The van der Waals surface area contributed by atoms with Gasteiger partial charge in [-0.15, -0.1) is 0 Å². The molecule has 3 fully saturated rings. The van der Waals surface area contributed by atoms with Crippen molar-refractivity contribution in [3.63, 3.8) is 0 Å². The number of nitrogens with one attached hydrogen (secondary N) is 1. The van der Waals surface area contributed by atoms with Crippen molar-refractivity contribution in [1.29, 1.82) is 5.26 Å². The summed E-state index contributed by atoms with van der Waals surface area (Å²) in [6, 6.07) is 6.42. The zero-order valence-electron chi connectivity index (χ0n) is 23.9. The molecule has 3 aliphatic heterocycles. The van der Waals surface area contributed by atoms with Gasteiger partial charge >= 0.3 is 12.2 Å². The first-order valence-electron chi connectivity index (χ1n) is 14.3. The Balaban J connectivity index is 1.38. The lowest BCUT2D eigenvalue weighted by Crippen LogP contribution is -2.61. The fraction of sp³-hybridized carbons (Fsp3) is 0.433. The number of nitriles is 1. The molecule has 4 atom stereocenters. The van der Waals surface area contributed by atoms with E-state index in [0.717, 1.165) is 12.8 Å². The number of ether oxygens (including phenoxy) is 1. The predicted molar refractivity (Wildman–Crippen MR) is 159 cm³/mol. The van der Waals surface area contributed by atoms with Gasteiger partial charge in [0.2, 0.25) is 0 Å². The lowest BCUT2D eigenvalue weighted by atomic mass is 9.89.